The van der Waals surface area contributed by atoms with Gasteiger partial charge >= 0.3 is 31.1 Å². The van der Waals surface area contributed by atoms with Crippen molar-refractivity contribution in [1.29, 1.82) is 0 Å². The Labute approximate surface area is 461 Å². The Morgan fingerprint density at radius 1 is 0.250 bits per heavy atom. The summed E-state index contributed by atoms with van der Waals surface area (Å²) in [6, 6.07) is 0. The molecular weight excluding hydrogens is 1100 g/mol. The predicted octanol–water partition coefficient (Wildman–Crippen LogP) is 18.5. The van der Waals surface area contributed by atoms with Crippen LogP contribution in [0.4, 0.5) is 22.7 Å². The van der Waals surface area contributed by atoms with Gasteiger partial charge in [-0.25, -0.2) is 4.98 Å². The summed E-state index contributed by atoms with van der Waals surface area (Å²) in [5.74, 6) is 0. The summed E-state index contributed by atoms with van der Waals surface area (Å²) in [4.78, 5) is 25.5. The molecule has 5 aromatic rings. The Bertz CT molecular complexity index is 2870. The zero-order valence-electron chi connectivity index (χ0n) is 50.2. The fourth-order valence-electron chi connectivity index (χ4n) is 9.77. The molecule has 0 saturated heterocycles. The first-order chi connectivity index (χ1) is 32.8. The molecule has 0 bridgehead atoms. The summed E-state index contributed by atoms with van der Waals surface area (Å²) in [5.41, 5.74) is 41.4. The average Bonchev–Trinajstić information content (AvgIpc) is 3.33. The molecule has 5 nitrogen and oxygen atoms in total. The predicted molar refractivity (Wildman–Crippen MR) is 313 cm³/mol. The molecule has 0 amide bonds. The quantitative estimate of drug-likeness (QED) is 0.0824. The fraction of sp³-hybridized carbons (Fsp3) is 0.439. The maximum Gasteiger partial charge on any atom is 2.00 e. The van der Waals surface area contributed by atoms with Gasteiger partial charge in [-0.3, -0.25) is 20.0 Å². The number of hydrogen-bond donors (Lipinski definition) is 0. The number of aliphatic imine (C=N–C) groups is 4. The monoisotopic (exact) mass is 1190 g/mol. The van der Waals surface area contributed by atoms with E-state index in [9.17, 15) is 0 Å². The number of aromatic nitrogens is 1. The van der Waals surface area contributed by atoms with Gasteiger partial charge in [0.2, 0.25) is 0 Å². The van der Waals surface area contributed by atoms with Crippen molar-refractivity contribution >= 4 is 45.6 Å². The van der Waals surface area contributed by atoms with Crippen LogP contribution in [0.5, 0.6) is 0 Å². The Balaban J connectivity index is 0.000000377. The summed E-state index contributed by atoms with van der Waals surface area (Å²) in [5, 5.41) is 0. The van der Waals surface area contributed by atoms with Crippen molar-refractivity contribution in [3.05, 3.63) is 163 Å². The summed E-state index contributed by atoms with van der Waals surface area (Å²) in [6.07, 6.45) is 6.93. The van der Waals surface area contributed by atoms with Gasteiger partial charge in [-0.1, -0.05) is 11.4 Å². The molecule has 0 aliphatic heterocycles. The van der Waals surface area contributed by atoms with Crippen molar-refractivity contribution in [2.45, 2.75) is 201 Å². The molecule has 0 spiro atoms. The molecule has 0 saturated carbocycles. The zero-order valence-corrected chi connectivity index (χ0v) is 54.4. The number of rotatable bonds is 9. The van der Waals surface area contributed by atoms with Crippen LogP contribution in [0.15, 0.2) is 31.1 Å². The molecule has 5 rings (SSSR count). The van der Waals surface area contributed by atoms with E-state index in [2.05, 4.69) is 199 Å². The van der Waals surface area contributed by atoms with E-state index < -0.39 is 0 Å². The smallest absolute Gasteiger partial charge is 0.370 e. The molecule has 72 heavy (non-hydrogen) atoms. The molecule has 0 fully saturated rings. The number of pyridine rings is 1. The first-order valence-corrected chi connectivity index (χ1v) is 25.5. The Hall–Kier alpha value is -4.76. The maximum atomic E-state index is 5.21. The minimum Gasteiger partial charge on any atom is -0.370 e. The molecule has 1 heterocycles. The van der Waals surface area contributed by atoms with Crippen LogP contribution in [0.1, 0.15) is 181 Å². The van der Waals surface area contributed by atoms with Crippen LogP contribution in [0.2, 0.25) is 0 Å². The Kier molecular flexibility index (Phi) is 21.0. The minimum atomic E-state index is 0. The zero-order chi connectivity index (χ0) is 54.2. The molecule has 0 aliphatic carbocycles. The number of hydrogen-bond acceptors (Lipinski definition) is 5. The van der Waals surface area contributed by atoms with E-state index in [1.165, 1.54) is 128 Å². The van der Waals surface area contributed by atoms with Crippen LogP contribution in [0.25, 0.3) is 0 Å². The molecular formula is C66H87N5U. The van der Waals surface area contributed by atoms with Crippen molar-refractivity contribution in [1.82, 2.24) is 4.98 Å². The second kappa shape index (κ2) is 24.5. The van der Waals surface area contributed by atoms with Gasteiger partial charge in [0.1, 0.15) is 0 Å². The van der Waals surface area contributed by atoms with Gasteiger partial charge in [0.25, 0.3) is 0 Å². The van der Waals surface area contributed by atoms with Crippen LogP contribution >= 0.6 is 0 Å². The van der Waals surface area contributed by atoms with Gasteiger partial charge in [0.05, 0.1) is 45.6 Å². The SMILES string of the molecule is CC(=Nc1c(C)c(C)c(C)c(C)c1C)c1nc(C(C)=Nc2c(C)c(C)c(C)c(C)c2C)c(C)c(C)c1C.CC(=[C-]C(C)=Nc1c(C)c(C)c(C)c(C)c1C)C(C)=[C-]C(C)=Nc1c(C)c(C)c(C)c(C)c1C.[U+2]. The van der Waals surface area contributed by atoms with E-state index in [-0.39, 0.29) is 31.1 Å². The topological polar surface area (TPSA) is 62.3 Å². The van der Waals surface area contributed by atoms with Crippen LogP contribution in [-0.4, -0.2) is 27.8 Å². The molecule has 0 unspecified atom stereocenters. The van der Waals surface area contributed by atoms with E-state index in [1.54, 1.807) is 0 Å². The largest absolute Gasteiger partial charge is 2.00 e. The van der Waals surface area contributed by atoms with E-state index >= 15 is 0 Å². The standard InChI is InChI=1S/C34H45N3.C32H42N2.U/c1-16-18(3)23(8)31(24(9)19(16)4)35-29(14)33-27(12)22(7)28(13)34(37-33)30(15)36-32-25(10)20(5)17(2)21(6)26(32)11;1-17(15-19(3)33-31-27(11)23(7)21(5)24(8)28(31)12)18(2)16-20(4)34-32-29(13)25(9)22(6)26(10)30(32)14;/h1-15H3;1-14H3;/q;-2;+2. The molecule has 6 heteroatoms. The Morgan fingerprint density at radius 3 is 0.625 bits per heavy atom. The van der Waals surface area contributed by atoms with Crippen molar-refractivity contribution in [3.63, 3.8) is 0 Å². The van der Waals surface area contributed by atoms with Crippen LogP contribution in [0.3, 0.4) is 0 Å². The fourth-order valence-corrected chi connectivity index (χ4v) is 9.77. The second-order valence-corrected chi connectivity index (χ2v) is 20.9. The molecule has 0 N–H and O–H groups in total. The Morgan fingerprint density at radius 2 is 0.417 bits per heavy atom. The number of nitrogens with zero attached hydrogens (tertiary/aromatic N) is 5. The third kappa shape index (κ3) is 12.4. The third-order valence-electron chi connectivity index (χ3n) is 17.0. The number of allylic oxidation sites excluding steroid dienone is 4. The van der Waals surface area contributed by atoms with Gasteiger partial charge in [0.15, 0.2) is 0 Å². The van der Waals surface area contributed by atoms with Crippen molar-refractivity contribution in [2.75, 3.05) is 0 Å². The summed E-state index contributed by atoms with van der Waals surface area (Å²) < 4.78 is 0. The van der Waals surface area contributed by atoms with Crippen LogP contribution < -0.4 is 0 Å². The molecule has 4 aromatic carbocycles. The molecule has 380 valence electrons. The van der Waals surface area contributed by atoms with Crippen LogP contribution in [0, 0.1) is 203 Å². The van der Waals surface area contributed by atoms with Crippen molar-refractivity contribution in [3.8, 4) is 0 Å². The first-order valence-electron chi connectivity index (χ1n) is 25.5. The van der Waals surface area contributed by atoms with Gasteiger partial charge in [-0.2, -0.15) is 0 Å². The van der Waals surface area contributed by atoms with Gasteiger partial charge in [-0.05, 0) is 315 Å². The summed E-state index contributed by atoms with van der Waals surface area (Å²) in [6.45, 7) is 62.5. The number of benzene rings is 4. The average molecular weight is 1190 g/mol. The van der Waals surface area contributed by atoms with E-state index in [1.807, 2.05) is 13.8 Å². The third-order valence-corrected chi connectivity index (χ3v) is 17.0. The molecule has 1 aromatic heterocycles. The van der Waals surface area contributed by atoms with E-state index in [4.69, 9.17) is 25.0 Å². The van der Waals surface area contributed by atoms with E-state index in [0.29, 0.717) is 0 Å². The first kappa shape index (κ1) is 61.5. The normalized spacial score (nSPS) is 12.9. The second-order valence-electron chi connectivity index (χ2n) is 20.9. The summed E-state index contributed by atoms with van der Waals surface area (Å²) in [7, 11) is 0. The molecule has 0 aliphatic rings. The van der Waals surface area contributed by atoms with E-state index in [0.717, 1.165) is 68.1 Å². The van der Waals surface area contributed by atoms with Gasteiger partial charge in [-0.15, -0.1) is 13.8 Å². The molecule has 0 radical (unpaired) electrons. The maximum absolute atomic E-state index is 5.21. The van der Waals surface area contributed by atoms with Crippen LogP contribution in [-0.2, 0) is 0 Å². The van der Waals surface area contributed by atoms with Gasteiger partial charge in [0, 0.05) is 0 Å². The summed E-state index contributed by atoms with van der Waals surface area (Å²) >= 11 is 0. The van der Waals surface area contributed by atoms with Crippen molar-refractivity contribution < 1.29 is 31.1 Å². The van der Waals surface area contributed by atoms with Gasteiger partial charge < -0.3 is 23.3 Å². The minimum absolute atomic E-state index is 0. The van der Waals surface area contributed by atoms with Crippen molar-refractivity contribution in [2.24, 2.45) is 20.0 Å². The molecule has 0 atom stereocenters.